The number of hydrogen-bond acceptors (Lipinski definition) is 5. The molecule has 1 aliphatic heterocycles. The maximum absolute atomic E-state index is 12.5. The number of nitrogens with zero attached hydrogens (tertiary/aromatic N) is 1. The van der Waals surface area contributed by atoms with E-state index in [4.69, 9.17) is 16.3 Å². The minimum atomic E-state index is -0.711. The van der Waals surface area contributed by atoms with E-state index in [2.05, 4.69) is 5.32 Å². The summed E-state index contributed by atoms with van der Waals surface area (Å²) in [5, 5.41) is 3.11. The minimum Gasteiger partial charge on any atom is -0.467 e. The molecule has 1 atom stereocenters. The van der Waals surface area contributed by atoms with Crippen LogP contribution in [0.1, 0.15) is 29.6 Å². The first-order valence-electron chi connectivity index (χ1n) is 7.95. The van der Waals surface area contributed by atoms with E-state index in [1.807, 2.05) is 6.26 Å². The zero-order valence-corrected chi connectivity index (χ0v) is 15.8. The van der Waals surface area contributed by atoms with Crippen LogP contribution in [0.4, 0.5) is 5.69 Å². The highest BCUT2D eigenvalue weighted by molar-refractivity contribution is 7.98. The number of rotatable bonds is 7. The van der Waals surface area contributed by atoms with Gasteiger partial charge in [0.2, 0.25) is 5.91 Å². The van der Waals surface area contributed by atoms with Crippen LogP contribution in [0.5, 0.6) is 0 Å². The first-order valence-corrected chi connectivity index (χ1v) is 9.72. The van der Waals surface area contributed by atoms with Crippen molar-refractivity contribution in [3.05, 3.63) is 28.8 Å². The van der Waals surface area contributed by atoms with Crippen molar-refractivity contribution in [2.24, 2.45) is 0 Å². The van der Waals surface area contributed by atoms with Gasteiger partial charge in [0.1, 0.15) is 6.04 Å². The third-order valence-corrected chi connectivity index (χ3v) is 4.94. The van der Waals surface area contributed by atoms with E-state index in [0.717, 1.165) is 6.42 Å². The summed E-state index contributed by atoms with van der Waals surface area (Å²) in [6, 6.07) is 4.04. The lowest BCUT2D eigenvalue weighted by atomic mass is 10.1. The number of hydrogen-bond donors (Lipinski definition) is 1. The van der Waals surface area contributed by atoms with Crippen LogP contribution in [-0.2, 0) is 14.3 Å². The molecule has 6 nitrogen and oxygen atoms in total. The second-order valence-electron chi connectivity index (χ2n) is 5.65. The Morgan fingerprint density at radius 2 is 2.20 bits per heavy atom. The Hall–Kier alpha value is -1.73. The van der Waals surface area contributed by atoms with E-state index in [1.54, 1.807) is 34.9 Å². The van der Waals surface area contributed by atoms with Gasteiger partial charge in [0, 0.05) is 18.5 Å². The number of carbonyl (C=O) groups is 3. The summed E-state index contributed by atoms with van der Waals surface area (Å²) < 4.78 is 4.75. The van der Waals surface area contributed by atoms with Gasteiger partial charge in [-0.1, -0.05) is 11.6 Å². The van der Waals surface area contributed by atoms with Crippen LogP contribution in [0.15, 0.2) is 18.2 Å². The van der Waals surface area contributed by atoms with Crippen molar-refractivity contribution in [1.29, 1.82) is 0 Å². The Labute approximate surface area is 156 Å². The van der Waals surface area contributed by atoms with E-state index in [9.17, 15) is 14.4 Å². The van der Waals surface area contributed by atoms with Crippen molar-refractivity contribution in [1.82, 2.24) is 5.32 Å². The number of anilines is 1. The lowest BCUT2D eigenvalue weighted by Crippen LogP contribution is -2.42. The number of thioether (sulfide) groups is 1. The molecule has 0 spiro atoms. The molecule has 1 aromatic carbocycles. The summed E-state index contributed by atoms with van der Waals surface area (Å²) in [6.45, 7) is 0.585. The van der Waals surface area contributed by atoms with Gasteiger partial charge in [-0.15, -0.1) is 0 Å². The quantitative estimate of drug-likeness (QED) is 0.731. The average molecular weight is 385 g/mol. The molecule has 0 saturated carbocycles. The van der Waals surface area contributed by atoms with Crippen LogP contribution in [0, 0.1) is 0 Å². The number of nitrogens with one attached hydrogen (secondary N) is 1. The minimum absolute atomic E-state index is 0.00753. The maximum atomic E-state index is 12.5. The number of ether oxygens (including phenoxy) is 1. The molecule has 0 unspecified atom stereocenters. The molecule has 0 aromatic heterocycles. The number of carbonyl (C=O) groups excluding carboxylic acids is 3. The SMILES string of the molecule is COC(=O)[C@H](CCSC)NC(=O)c1ccc(Cl)c(N2CCCC2=O)c1. The second kappa shape index (κ2) is 9.10. The van der Waals surface area contributed by atoms with E-state index >= 15 is 0 Å². The third kappa shape index (κ3) is 4.89. The van der Waals surface area contributed by atoms with Crippen LogP contribution in [0.2, 0.25) is 5.02 Å². The van der Waals surface area contributed by atoms with E-state index < -0.39 is 17.9 Å². The van der Waals surface area contributed by atoms with E-state index in [0.29, 0.717) is 41.4 Å². The second-order valence-corrected chi connectivity index (χ2v) is 7.04. The molecule has 0 radical (unpaired) electrons. The number of halogens is 1. The molecule has 25 heavy (non-hydrogen) atoms. The van der Waals surface area contributed by atoms with Crippen molar-refractivity contribution in [3.63, 3.8) is 0 Å². The summed E-state index contributed by atoms with van der Waals surface area (Å²) in [5.41, 5.74) is 0.868. The molecule has 1 saturated heterocycles. The molecule has 1 N–H and O–H groups in total. The van der Waals surface area contributed by atoms with Crippen molar-refractivity contribution in [2.45, 2.75) is 25.3 Å². The summed E-state index contributed by atoms with van der Waals surface area (Å²) in [6.07, 6.45) is 3.65. The highest BCUT2D eigenvalue weighted by Gasteiger charge is 2.26. The molecule has 0 bridgehead atoms. The topological polar surface area (TPSA) is 75.7 Å². The predicted octanol–water partition coefficient (Wildman–Crippen LogP) is 2.49. The van der Waals surface area contributed by atoms with Gasteiger partial charge in [-0.25, -0.2) is 4.79 Å². The highest BCUT2D eigenvalue weighted by Crippen LogP contribution is 2.30. The first kappa shape index (κ1) is 19.6. The van der Waals surface area contributed by atoms with Crippen molar-refractivity contribution in [2.75, 3.05) is 30.6 Å². The molecular weight excluding hydrogens is 364 g/mol. The monoisotopic (exact) mass is 384 g/mol. The Balaban J connectivity index is 2.18. The lowest BCUT2D eigenvalue weighted by Gasteiger charge is -2.19. The lowest BCUT2D eigenvalue weighted by molar-refractivity contribution is -0.142. The molecular formula is C17H21ClN2O4S. The maximum Gasteiger partial charge on any atom is 0.328 e. The molecule has 1 aliphatic rings. The van der Waals surface area contributed by atoms with Gasteiger partial charge in [-0.3, -0.25) is 9.59 Å². The number of benzene rings is 1. The van der Waals surface area contributed by atoms with Gasteiger partial charge in [-0.2, -0.15) is 11.8 Å². The van der Waals surface area contributed by atoms with Crippen LogP contribution in [0.25, 0.3) is 0 Å². The highest BCUT2D eigenvalue weighted by atomic mass is 35.5. The van der Waals surface area contributed by atoms with Gasteiger partial charge in [0.25, 0.3) is 5.91 Å². The number of amides is 2. The van der Waals surface area contributed by atoms with Gasteiger partial charge in [0.15, 0.2) is 0 Å². The van der Waals surface area contributed by atoms with Crippen LogP contribution in [-0.4, -0.2) is 49.5 Å². The zero-order chi connectivity index (χ0) is 18.4. The Morgan fingerprint density at radius 1 is 1.44 bits per heavy atom. The van der Waals surface area contributed by atoms with Gasteiger partial charge < -0.3 is 15.0 Å². The van der Waals surface area contributed by atoms with Gasteiger partial charge in [0.05, 0.1) is 17.8 Å². The Morgan fingerprint density at radius 3 is 2.80 bits per heavy atom. The fraction of sp³-hybridized carbons (Fsp3) is 0.471. The fourth-order valence-corrected chi connectivity index (χ4v) is 3.32. The Bertz CT molecular complexity index is 668. The molecule has 8 heteroatoms. The van der Waals surface area contributed by atoms with Crippen molar-refractivity contribution < 1.29 is 19.1 Å². The fourth-order valence-electron chi connectivity index (χ4n) is 2.63. The smallest absolute Gasteiger partial charge is 0.328 e. The normalized spacial score (nSPS) is 15.2. The zero-order valence-electron chi connectivity index (χ0n) is 14.2. The summed E-state index contributed by atoms with van der Waals surface area (Å²) >= 11 is 7.77. The largest absolute Gasteiger partial charge is 0.467 e. The third-order valence-electron chi connectivity index (χ3n) is 3.97. The molecule has 2 amide bonds. The van der Waals surface area contributed by atoms with Crippen LogP contribution in [0.3, 0.4) is 0 Å². The van der Waals surface area contributed by atoms with Gasteiger partial charge in [-0.05, 0) is 43.0 Å². The average Bonchev–Trinajstić information content (AvgIpc) is 3.03. The standard InChI is InChI=1S/C17H21ClN2O4S/c1-24-17(23)13(7-9-25-2)19-16(22)11-5-6-12(18)14(10-11)20-8-3-4-15(20)21/h5-6,10,13H,3-4,7-9H2,1-2H3,(H,19,22)/t13-/m0/s1. The summed E-state index contributed by atoms with van der Waals surface area (Å²) in [4.78, 5) is 37.9. The Kier molecular flexibility index (Phi) is 7.13. The summed E-state index contributed by atoms with van der Waals surface area (Å²) in [7, 11) is 1.29. The van der Waals surface area contributed by atoms with Crippen molar-refractivity contribution >= 4 is 46.8 Å². The number of esters is 1. The van der Waals surface area contributed by atoms with Gasteiger partial charge >= 0.3 is 5.97 Å². The molecule has 0 aliphatic carbocycles. The first-order chi connectivity index (χ1) is 12.0. The molecule has 1 fully saturated rings. The van der Waals surface area contributed by atoms with Crippen LogP contribution >= 0.6 is 23.4 Å². The molecule has 2 rings (SSSR count). The molecule has 136 valence electrons. The predicted molar refractivity (Wildman–Crippen MR) is 99.3 cm³/mol. The molecule has 1 heterocycles. The number of methoxy groups -OCH3 is 1. The summed E-state index contributed by atoms with van der Waals surface area (Å²) in [5.74, 6) is -0.173. The van der Waals surface area contributed by atoms with E-state index in [-0.39, 0.29) is 5.91 Å². The van der Waals surface area contributed by atoms with E-state index in [1.165, 1.54) is 7.11 Å². The van der Waals surface area contributed by atoms with Crippen LogP contribution < -0.4 is 10.2 Å². The van der Waals surface area contributed by atoms with Crippen molar-refractivity contribution in [3.8, 4) is 0 Å². The molecule has 1 aromatic rings.